The van der Waals surface area contributed by atoms with Crippen molar-refractivity contribution < 1.29 is 9.53 Å². The van der Waals surface area contributed by atoms with Crippen molar-refractivity contribution in [3.63, 3.8) is 0 Å². The van der Waals surface area contributed by atoms with Gasteiger partial charge in [-0.2, -0.15) is 0 Å². The number of nitrogen functional groups attached to an aromatic ring is 1. The average Bonchev–Trinajstić information content (AvgIpc) is 2.78. The first-order valence-corrected chi connectivity index (χ1v) is 10.2. The van der Waals surface area contributed by atoms with Crippen LogP contribution < -0.4 is 26.6 Å². The molecule has 31 heavy (non-hydrogen) atoms. The van der Waals surface area contributed by atoms with Gasteiger partial charge in [-0.1, -0.05) is 61.9 Å². The molecule has 3 N–H and O–H groups in total. The van der Waals surface area contributed by atoms with Crippen LogP contribution in [0.15, 0.2) is 70.3 Å². The van der Waals surface area contributed by atoms with E-state index in [4.69, 9.17) is 10.5 Å². The lowest BCUT2D eigenvalue weighted by atomic mass is 10.2. The Hall–Kier alpha value is -3.81. The van der Waals surface area contributed by atoms with E-state index >= 15 is 0 Å². The molecule has 162 valence electrons. The molecule has 3 rings (SSSR count). The maximum atomic E-state index is 13.1. The zero-order chi connectivity index (χ0) is 22.2. The van der Waals surface area contributed by atoms with Gasteiger partial charge in [0.05, 0.1) is 6.54 Å². The largest absolute Gasteiger partial charge is 0.484 e. The SMILES string of the molecule is CCCCn1c(N)c(N(Cc2ccccc2)C(=O)COc2ccccc2)c(=O)[nH]c1=O. The van der Waals surface area contributed by atoms with Gasteiger partial charge >= 0.3 is 5.69 Å². The summed E-state index contributed by atoms with van der Waals surface area (Å²) in [4.78, 5) is 41.7. The second-order valence-corrected chi connectivity index (χ2v) is 7.07. The highest BCUT2D eigenvalue weighted by Gasteiger charge is 2.25. The molecule has 0 aliphatic carbocycles. The quantitative estimate of drug-likeness (QED) is 0.551. The van der Waals surface area contributed by atoms with E-state index in [-0.39, 0.29) is 24.7 Å². The van der Waals surface area contributed by atoms with Gasteiger partial charge in [-0.3, -0.25) is 24.0 Å². The molecule has 0 saturated carbocycles. The van der Waals surface area contributed by atoms with Gasteiger partial charge in [0.25, 0.3) is 11.5 Å². The summed E-state index contributed by atoms with van der Waals surface area (Å²) < 4.78 is 6.89. The minimum absolute atomic E-state index is 0.0359. The van der Waals surface area contributed by atoms with Crippen molar-refractivity contribution in [2.45, 2.75) is 32.9 Å². The Morgan fingerprint density at radius 2 is 1.71 bits per heavy atom. The Morgan fingerprint density at radius 1 is 1.06 bits per heavy atom. The number of H-pyrrole nitrogens is 1. The number of anilines is 2. The zero-order valence-electron chi connectivity index (χ0n) is 17.4. The van der Waals surface area contributed by atoms with Crippen LogP contribution in [0.5, 0.6) is 5.75 Å². The molecule has 1 heterocycles. The maximum absolute atomic E-state index is 13.1. The Balaban J connectivity index is 1.98. The molecule has 0 aliphatic rings. The summed E-state index contributed by atoms with van der Waals surface area (Å²) in [5.41, 5.74) is 5.69. The van der Waals surface area contributed by atoms with Gasteiger partial charge in [0.1, 0.15) is 11.6 Å². The van der Waals surface area contributed by atoms with Crippen LogP contribution in [0.25, 0.3) is 0 Å². The fourth-order valence-corrected chi connectivity index (χ4v) is 3.17. The second-order valence-electron chi connectivity index (χ2n) is 7.07. The number of nitrogens with two attached hydrogens (primary N) is 1. The lowest BCUT2D eigenvalue weighted by Gasteiger charge is -2.24. The molecule has 0 spiro atoms. The van der Waals surface area contributed by atoms with Crippen LogP contribution in [-0.2, 0) is 17.9 Å². The molecule has 0 atom stereocenters. The highest BCUT2D eigenvalue weighted by atomic mass is 16.5. The fourth-order valence-electron chi connectivity index (χ4n) is 3.17. The summed E-state index contributed by atoms with van der Waals surface area (Å²) in [6.45, 7) is 2.15. The number of carbonyl (C=O) groups excluding carboxylic acids is 1. The third kappa shape index (κ3) is 5.42. The average molecular weight is 422 g/mol. The van der Waals surface area contributed by atoms with Gasteiger partial charge in [0.15, 0.2) is 12.3 Å². The molecule has 1 aromatic heterocycles. The first kappa shape index (κ1) is 21.9. The minimum Gasteiger partial charge on any atom is -0.484 e. The van der Waals surface area contributed by atoms with Crippen LogP contribution in [0.1, 0.15) is 25.3 Å². The molecule has 2 aromatic carbocycles. The molecule has 3 aromatic rings. The highest BCUT2D eigenvalue weighted by Crippen LogP contribution is 2.20. The first-order valence-electron chi connectivity index (χ1n) is 10.2. The number of unbranched alkanes of at least 4 members (excludes halogenated alkanes) is 1. The smallest absolute Gasteiger partial charge is 0.330 e. The number of carbonyl (C=O) groups is 1. The predicted molar refractivity (Wildman–Crippen MR) is 120 cm³/mol. The summed E-state index contributed by atoms with van der Waals surface area (Å²) >= 11 is 0. The van der Waals surface area contributed by atoms with Crippen LogP contribution in [0.2, 0.25) is 0 Å². The third-order valence-electron chi connectivity index (χ3n) is 4.81. The Morgan fingerprint density at radius 3 is 2.35 bits per heavy atom. The summed E-state index contributed by atoms with van der Waals surface area (Å²) in [7, 11) is 0. The number of ether oxygens (including phenoxy) is 1. The predicted octanol–water partition coefficient (Wildman–Crippen LogP) is 2.53. The lowest BCUT2D eigenvalue weighted by molar-refractivity contribution is -0.120. The molecule has 0 unspecified atom stereocenters. The topological polar surface area (TPSA) is 110 Å². The summed E-state index contributed by atoms with van der Waals surface area (Å²) in [6.07, 6.45) is 1.55. The van der Waals surface area contributed by atoms with Crippen LogP contribution in [0.4, 0.5) is 11.5 Å². The van der Waals surface area contributed by atoms with Crippen molar-refractivity contribution in [1.29, 1.82) is 0 Å². The minimum atomic E-state index is -0.709. The number of para-hydroxylation sites is 1. The monoisotopic (exact) mass is 422 g/mol. The normalized spacial score (nSPS) is 10.6. The molecule has 0 saturated heterocycles. The van der Waals surface area contributed by atoms with Gasteiger partial charge in [-0.25, -0.2) is 4.79 Å². The van der Waals surface area contributed by atoms with Gasteiger partial charge in [0.2, 0.25) is 0 Å². The standard InChI is InChI=1S/C23H26N4O4/c1-2-3-14-26-21(24)20(22(29)25-23(26)30)27(15-17-10-6-4-7-11-17)19(28)16-31-18-12-8-5-9-13-18/h4-13H,2-3,14-16,24H2,1H3,(H,25,29,30). The Labute approximate surface area is 179 Å². The number of hydrogen-bond donors (Lipinski definition) is 2. The number of nitrogens with one attached hydrogen (secondary N) is 1. The van der Waals surface area contributed by atoms with E-state index in [2.05, 4.69) is 4.98 Å². The van der Waals surface area contributed by atoms with Crippen LogP contribution in [0.3, 0.4) is 0 Å². The van der Waals surface area contributed by atoms with E-state index in [9.17, 15) is 14.4 Å². The molecule has 8 heteroatoms. The molecule has 0 aliphatic heterocycles. The summed E-state index contributed by atoms with van der Waals surface area (Å²) in [5.74, 6) is 0.0436. The summed E-state index contributed by atoms with van der Waals surface area (Å²) in [5, 5.41) is 0. The van der Waals surface area contributed by atoms with Crippen molar-refractivity contribution >= 4 is 17.4 Å². The van der Waals surface area contributed by atoms with E-state index in [1.165, 1.54) is 9.47 Å². The van der Waals surface area contributed by atoms with Crippen molar-refractivity contribution in [3.05, 3.63) is 87.1 Å². The molecule has 8 nitrogen and oxygen atoms in total. The number of rotatable bonds is 9. The zero-order valence-corrected chi connectivity index (χ0v) is 17.4. The van der Waals surface area contributed by atoms with E-state index in [1.54, 1.807) is 24.3 Å². The lowest BCUT2D eigenvalue weighted by Crippen LogP contribution is -2.42. The number of nitrogens with zero attached hydrogens (tertiary/aromatic N) is 2. The van der Waals surface area contributed by atoms with Gasteiger partial charge in [0, 0.05) is 6.54 Å². The van der Waals surface area contributed by atoms with E-state index in [1.807, 2.05) is 43.3 Å². The Kier molecular flexibility index (Phi) is 7.26. The van der Waals surface area contributed by atoms with E-state index < -0.39 is 17.2 Å². The van der Waals surface area contributed by atoms with Crippen LogP contribution in [-0.4, -0.2) is 22.1 Å². The number of aromatic nitrogens is 2. The number of hydrogen-bond acceptors (Lipinski definition) is 5. The summed E-state index contributed by atoms with van der Waals surface area (Å²) in [6, 6.07) is 18.1. The van der Waals surface area contributed by atoms with Crippen molar-refractivity contribution in [2.24, 2.45) is 0 Å². The van der Waals surface area contributed by atoms with Gasteiger partial charge in [-0.05, 0) is 24.1 Å². The molecular weight excluding hydrogens is 396 g/mol. The van der Waals surface area contributed by atoms with Crippen molar-refractivity contribution in [2.75, 3.05) is 17.2 Å². The Bertz CT molecular complexity index is 1120. The fraction of sp³-hybridized carbons (Fsp3) is 0.261. The van der Waals surface area contributed by atoms with Gasteiger partial charge < -0.3 is 10.5 Å². The molecular formula is C23H26N4O4. The van der Waals surface area contributed by atoms with E-state index in [0.717, 1.165) is 12.0 Å². The van der Waals surface area contributed by atoms with Crippen molar-refractivity contribution in [3.8, 4) is 5.75 Å². The highest BCUT2D eigenvalue weighted by molar-refractivity contribution is 5.96. The molecule has 0 bridgehead atoms. The second kappa shape index (κ2) is 10.3. The van der Waals surface area contributed by atoms with Crippen LogP contribution in [0, 0.1) is 0 Å². The molecule has 0 fully saturated rings. The number of benzene rings is 2. The number of amides is 1. The number of aromatic amines is 1. The maximum Gasteiger partial charge on any atom is 0.330 e. The molecule has 1 amide bonds. The van der Waals surface area contributed by atoms with Crippen LogP contribution >= 0.6 is 0 Å². The van der Waals surface area contributed by atoms with E-state index in [0.29, 0.717) is 18.7 Å². The molecule has 0 radical (unpaired) electrons. The first-order chi connectivity index (χ1) is 15.0. The third-order valence-corrected chi connectivity index (χ3v) is 4.81. The van der Waals surface area contributed by atoms with Gasteiger partial charge in [-0.15, -0.1) is 0 Å². The van der Waals surface area contributed by atoms with Crippen molar-refractivity contribution in [1.82, 2.24) is 9.55 Å².